The number of hydrogen-bond donors (Lipinski definition) is 2. The van der Waals surface area contributed by atoms with Crippen molar-refractivity contribution in [3.63, 3.8) is 0 Å². The molecule has 106 valence electrons. The molecule has 1 fully saturated rings. The van der Waals surface area contributed by atoms with Crippen LogP contribution >= 0.6 is 15.9 Å². The molecule has 19 heavy (non-hydrogen) atoms. The van der Waals surface area contributed by atoms with Crippen LogP contribution in [0.15, 0.2) is 16.6 Å². The molecule has 1 aromatic rings. The van der Waals surface area contributed by atoms with Gasteiger partial charge < -0.3 is 19.7 Å². The van der Waals surface area contributed by atoms with E-state index in [1.54, 1.807) is 19.2 Å². The maximum atomic E-state index is 10.5. The van der Waals surface area contributed by atoms with Gasteiger partial charge in [-0.05, 0) is 40.9 Å². The van der Waals surface area contributed by atoms with Crippen LogP contribution in [0.25, 0.3) is 0 Å². The molecule has 0 radical (unpaired) electrons. The lowest BCUT2D eigenvalue weighted by molar-refractivity contribution is -0.0727. The highest BCUT2D eigenvalue weighted by atomic mass is 79.9. The summed E-state index contributed by atoms with van der Waals surface area (Å²) in [4.78, 5) is 0. The van der Waals surface area contributed by atoms with Crippen molar-refractivity contribution in [1.82, 2.24) is 0 Å². The van der Waals surface area contributed by atoms with Gasteiger partial charge >= 0.3 is 0 Å². The molecule has 4 nitrogen and oxygen atoms in total. The summed E-state index contributed by atoms with van der Waals surface area (Å²) in [6.07, 6.45) is 2.15. The van der Waals surface area contributed by atoms with E-state index in [4.69, 9.17) is 9.47 Å². The average Bonchev–Trinajstić information content (AvgIpc) is 2.85. The first-order valence-corrected chi connectivity index (χ1v) is 7.13. The van der Waals surface area contributed by atoms with Crippen LogP contribution in [0.1, 0.15) is 37.4 Å². The fraction of sp³-hybridized carbons (Fsp3) is 0.571. The predicted octanol–water partition coefficient (Wildman–Crippen LogP) is 2.80. The fourth-order valence-corrected chi connectivity index (χ4v) is 3.37. The van der Waals surface area contributed by atoms with E-state index in [0.717, 1.165) is 12.8 Å². The quantitative estimate of drug-likeness (QED) is 0.891. The normalized spacial score (nSPS) is 19.2. The maximum Gasteiger partial charge on any atom is 0.142 e. The Labute approximate surface area is 121 Å². The minimum Gasteiger partial charge on any atom is -0.495 e. The number of methoxy groups -OCH3 is 2. The highest BCUT2D eigenvalue weighted by Crippen LogP contribution is 2.46. The average molecular weight is 331 g/mol. The molecule has 0 bridgehead atoms. The molecule has 0 saturated heterocycles. The maximum absolute atomic E-state index is 10.5. The van der Waals surface area contributed by atoms with Crippen LogP contribution in [-0.2, 0) is 0 Å². The summed E-state index contributed by atoms with van der Waals surface area (Å²) in [6.45, 7) is 0. The SMILES string of the molecule is COc1ccc(C(O)C2(O)CCCC2)c(OC)c1Br. The molecule has 0 heterocycles. The number of rotatable bonds is 4. The van der Waals surface area contributed by atoms with Gasteiger partial charge in [0, 0.05) is 5.56 Å². The molecule has 0 aliphatic heterocycles. The monoisotopic (exact) mass is 330 g/mol. The highest BCUT2D eigenvalue weighted by Gasteiger charge is 2.40. The van der Waals surface area contributed by atoms with Crippen molar-refractivity contribution in [2.24, 2.45) is 0 Å². The first kappa shape index (κ1) is 14.6. The van der Waals surface area contributed by atoms with Crippen molar-refractivity contribution in [3.05, 3.63) is 22.2 Å². The van der Waals surface area contributed by atoms with Gasteiger partial charge in [0.1, 0.15) is 22.1 Å². The van der Waals surface area contributed by atoms with Gasteiger partial charge in [-0.2, -0.15) is 0 Å². The topological polar surface area (TPSA) is 58.9 Å². The van der Waals surface area contributed by atoms with E-state index in [9.17, 15) is 10.2 Å². The molecular formula is C14H19BrO4. The Bertz CT molecular complexity index is 455. The first-order chi connectivity index (χ1) is 9.03. The summed E-state index contributed by atoms with van der Waals surface area (Å²) in [7, 11) is 3.11. The molecule has 1 saturated carbocycles. The summed E-state index contributed by atoms with van der Waals surface area (Å²) in [6, 6.07) is 3.49. The first-order valence-electron chi connectivity index (χ1n) is 6.34. The van der Waals surface area contributed by atoms with Gasteiger partial charge in [0.2, 0.25) is 0 Å². The van der Waals surface area contributed by atoms with E-state index in [1.807, 2.05) is 0 Å². The second kappa shape index (κ2) is 5.69. The number of ether oxygens (including phenoxy) is 2. The second-order valence-corrected chi connectivity index (χ2v) is 5.71. The standard InChI is InChI=1S/C14H19BrO4/c1-18-10-6-5-9(12(19-2)11(10)15)13(16)14(17)7-3-4-8-14/h5-6,13,16-17H,3-4,7-8H2,1-2H3. The molecule has 2 N–H and O–H groups in total. The third-order valence-corrected chi connectivity index (χ3v) is 4.54. The molecule has 0 spiro atoms. The summed E-state index contributed by atoms with van der Waals surface area (Å²) >= 11 is 3.40. The van der Waals surface area contributed by atoms with E-state index in [2.05, 4.69) is 15.9 Å². The minimum atomic E-state index is -1.05. The largest absolute Gasteiger partial charge is 0.495 e. The third-order valence-electron chi connectivity index (χ3n) is 3.79. The Morgan fingerprint density at radius 1 is 1.21 bits per heavy atom. The van der Waals surface area contributed by atoms with Gasteiger partial charge in [-0.3, -0.25) is 0 Å². The Hall–Kier alpha value is -0.780. The van der Waals surface area contributed by atoms with Crippen molar-refractivity contribution >= 4 is 15.9 Å². The molecule has 1 unspecified atom stereocenters. The number of halogens is 1. The summed E-state index contributed by atoms with van der Waals surface area (Å²) in [5.74, 6) is 1.14. The second-order valence-electron chi connectivity index (χ2n) is 4.92. The molecule has 1 aromatic carbocycles. The third kappa shape index (κ3) is 2.59. The zero-order valence-corrected chi connectivity index (χ0v) is 12.7. The van der Waals surface area contributed by atoms with Crippen molar-refractivity contribution in [1.29, 1.82) is 0 Å². The predicted molar refractivity (Wildman–Crippen MR) is 75.6 cm³/mol. The molecule has 5 heteroatoms. The lowest BCUT2D eigenvalue weighted by Crippen LogP contribution is -2.33. The zero-order chi connectivity index (χ0) is 14.0. The van der Waals surface area contributed by atoms with Crippen molar-refractivity contribution < 1.29 is 19.7 Å². The Balaban J connectivity index is 2.41. The van der Waals surface area contributed by atoms with Gasteiger partial charge in [-0.1, -0.05) is 12.8 Å². The summed E-state index contributed by atoms with van der Waals surface area (Å²) < 4.78 is 11.2. The molecular weight excluding hydrogens is 312 g/mol. The van der Waals surface area contributed by atoms with Crippen molar-refractivity contribution in [2.75, 3.05) is 14.2 Å². The fourth-order valence-electron chi connectivity index (χ4n) is 2.68. The van der Waals surface area contributed by atoms with Crippen molar-refractivity contribution in [3.8, 4) is 11.5 Å². The van der Waals surface area contributed by atoms with E-state index >= 15 is 0 Å². The highest BCUT2D eigenvalue weighted by molar-refractivity contribution is 9.10. The minimum absolute atomic E-state index is 0.507. The van der Waals surface area contributed by atoms with Crippen LogP contribution in [-0.4, -0.2) is 30.0 Å². The zero-order valence-electron chi connectivity index (χ0n) is 11.1. The number of aliphatic hydroxyl groups is 2. The van der Waals surface area contributed by atoms with E-state index in [0.29, 0.717) is 34.4 Å². The molecule has 1 aliphatic rings. The molecule has 1 atom stereocenters. The lowest BCUT2D eigenvalue weighted by atomic mass is 9.89. The summed E-state index contributed by atoms with van der Waals surface area (Å²) in [5, 5.41) is 21.0. The Kier molecular flexibility index (Phi) is 4.38. The van der Waals surface area contributed by atoms with E-state index in [1.165, 1.54) is 7.11 Å². The van der Waals surface area contributed by atoms with Crippen LogP contribution in [0.4, 0.5) is 0 Å². The molecule has 1 aliphatic carbocycles. The van der Waals surface area contributed by atoms with Gasteiger partial charge in [0.15, 0.2) is 0 Å². The van der Waals surface area contributed by atoms with Gasteiger partial charge in [-0.15, -0.1) is 0 Å². The van der Waals surface area contributed by atoms with E-state index in [-0.39, 0.29) is 0 Å². The van der Waals surface area contributed by atoms with Crippen LogP contribution in [0.5, 0.6) is 11.5 Å². The Morgan fingerprint density at radius 3 is 2.37 bits per heavy atom. The molecule has 2 rings (SSSR count). The van der Waals surface area contributed by atoms with Crippen LogP contribution in [0.2, 0.25) is 0 Å². The van der Waals surface area contributed by atoms with E-state index < -0.39 is 11.7 Å². The van der Waals surface area contributed by atoms with Crippen molar-refractivity contribution in [2.45, 2.75) is 37.4 Å². The summed E-state index contributed by atoms with van der Waals surface area (Å²) in [5.41, 5.74) is -0.471. The smallest absolute Gasteiger partial charge is 0.142 e. The lowest BCUT2D eigenvalue weighted by Gasteiger charge is -2.30. The van der Waals surface area contributed by atoms with Crippen LogP contribution in [0, 0.1) is 0 Å². The molecule has 0 aromatic heterocycles. The number of hydrogen-bond acceptors (Lipinski definition) is 4. The molecule has 0 amide bonds. The Morgan fingerprint density at radius 2 is 1.84 bits per heavy atom. The van der Waals surface area contributed by atoms with Crippen LogP contribution in [0.3, 0.4) is 0 Å². The number of benzene rings is 1. The van der Waals surface area contributed by atoms with Crippen LogP contribution < -0.4 is 9.47 Å². The van der Waals surface area contributed by atoms with Gasteiger partial charge in [-0.25, -0.2) is 0 Å². The van der Waals surface area contributed by atoms with Gasteiger partial charge in [0.05, 0.1) is 19.8 Å². The number of aliphatic hydroxyl groups excluding tert-OH is 1. The van der Waals surface area contributed by atoms with Gasteiger partial charge in [0.25, 0.3) is 0 Å².